The van der Waals surface area contributed by atoms with Gasteiger partial charge in [0, 0.05) is 11.1 Å². The number of hydrogen-bond donors (Lipinski definition) is 1. The SMILES string of the molecule is CN(C)Cc1ncc(CO)n1-c1ccc(F)cc1C(=O)c1ccccc1. The highest BCUT2D eigenvalue weighted by Crippen LogP contribution is 2.24. The van der Waals surface area contributed by atoms with Crippen LogP contribution in [0.3, 0.4) is 0 Å². The van der Waals surface area contributed by atoms with Crippen molar-refractivity contribution in [2.24, 2.45) is 0 Å². The molecule has 5 nitrogen and oxygen atoms in total. The summed E-state index contributed by atoms with van der Waals surface area (Å²) in [5.74, 6) is -0.117. The van der Waals surface area contributed by atoms with Crippen molar-refractivity contribution in [2.75, 3.05) is 14.1 Å². The van der Waals surface area contributed by atoms with Crippen LogP contribution in [0.2, 0.25) is 0 Å². The second-order valence-electron chi connectivity index (χ2n) is 6.25. The Kier molecular flexibility index (Phi) is 5.25. The van der Waals surface area contributed by atoms with Gasteiger partial charge in [0.1, 0.15) is 11.6 Å². The molecule has 3 rings (SSSR count). The van der Waals surface area contributed by atoms with Crippen molar-refractivity contribution in [2.45, 2.75) is 13.2 Å². The number of carbonyl (C=O) groups is 1. The van der Waals surface area contributed by atoms with E-state index in [4.69, 9.17) is 0 Å². The van der Waals surface area contributed by atoms with E-state index in [-0.39, 0.29) is 18.0 Å². The first-order valence-corrected chi connectivity index (χ1v) is 8.22. The van der Waals surface area contributed by atoms with E-state index in [0.717, 1.165) is 0 Å². The molecule has 6 heteroatoms. The van der Waals surface area contributed by atoms with Gasteiger partial charge in [-0.3, -0.25) is 9.36 Å². The molecule has 0 saturated carbocycles. The van der Waals surface area contributed by atoms with E-state index in [2.05, 4.69) is 4.98 Å². The first kappa shape index (κ1) is 18.0. The molecular weight excluding hydrogens is 333 g/mol. The minimum Gasteiger partial charge on any atom is -0.390 e. The fourth-order valence-corrected chi connectivity index (χ4v) is 2.86. The molecule has 0 amide bonds. The lowest BCUT2D eigenvalue weighted by Gasteiger charge is -2.17. The molecule has 0 aliphatic rings. The van der Waals surface area contributed by atoms with Gasteiger partial charge in [0.15, 0.2) is 5.78 Å². The first-order valence-electron chi connectivity index (χ1n) is 8.22. The molecule has 3 aromatic rings. The average molecular weight is 353 g/mol. The maximum Gasteiger partial charge on any atom is 0.195 e. The molecule has 26 heavy (non-hydrogen) atoms. The third kappa shape index (κ3) is 3.56. The van der Waals surface area contributed by atoms with Crippen LogP contribution in [-0.2, 0) is 13.2 Å². The molecule has 0 bridgehead atoms. The van der Waals surface area contributed by atoms with Crippen LogP contribution in [-0.4, -0.2) is 39.4 Å². The Morgan fingerprint density at radius 3 is 2.58 bits per heavy atom. The number of ketones is 1. The van der Waals surface area contributed by atoms with Gasteiger partial charge < -0.3 is 10.0 Å². The topological polar surface area (TPSA) is 58.4 Å². The summed E-state index contributed by atoms with van der Waals surface area (Å²) in [4.78, 5) is 19.3. The van der Waals surface area contributed by atoms with Crippen LogP contribution in [0.15, 0.2) is 54.7 Å². The molecule has 0 aliphatic carbocycles. The fraction of sp³-hybridized carbons (Fsp3) is 0.200. The lowest BCUT2D eigenvalue weighted by atomic mass is 10.0. The maximum atomic E-state index is 13.9. The number of aromatic nitrogens is 2. The quantitative estimate of drug-likeness (QED) is 0.693. The predicted molar refractivity (Wildman–Crippen MR) is 96.7 cm³/mol. The zero-order valence-corrected chi connectivity index (χ0v) is 14.7. The molecule has 0 atom stereocenters. The summed E-state index contributed by atoms with van der Waals surface area (Å²) >= 11 is 0. The highest BCUT2D eigenvalue weighted by Gasteiger charge is 2.20. The van der Waals surface area contributed by atoms with E-state index in [9.17, 15) is 14.3 Å². The predicted octanol–water partition coefficient (Wildman–Crippen LogP) is 2.80. The van der Waals surface area contributed by atoms with Crippen LogP contribution in [0.5, 0.6) is 0 Å². The minimum absolute atomic E-state index is 0.226. The van der Waals surface area contributed by atoms with Gasteiger partial charge in [-0.15, -0.1) is 0 Å². The summed E-state index contributed by atoms with van der Waals surface area (Å²) in [6.07, 6.45) is 1.57. The molecule has 0 saturated heterocycles. The number of nitrogens with zero attached hydrogens (tertiary/aromatic N) is 3. The highest BCUT2D eigenvalue weighted by molar-refractivity contribution is 6.11. The van der Waals surface area contributed by atoms with Gasteiger partial charge >= 0.3 is 0 Å². The van der Waals surface area contributed by atoms with E-state index < -0.39 is 5.82 Å². The van der Waals surface area contributed by atoms with Gasteiger partial charge in [-0.1, -0.05) is 30.3 Å². The smallest absolute Gasteiger partial charge is 0.195 e. The zero-order chi connectivity index (χ0) is 18.7. The number of imidazole rings is 1. The van der Waals surface area contributed by atoms with Crippen molar-refractivity contribution in [3.8, 4) is 5.69 Å². The highest BCUT2D eigenvalue weighted by atomic mass is 19.1. The Labute approximate surface area is 151 Å². The summed E-state index contributed by atoms with van der Waals surface area (Å²) in [6, 6.07) is 12.8. The number of rotatable bonds is 6. The van der Waals surface area contributed by atoms with Gasteiger partial charge in [-0.25, -0.2) is 9.37 Å². The van der Waals surface area contributed by atoms with Crippen LogP contribution >= 0.6 is 0 Å². The maximum absolute atomic E-state index is 13.9. The van der Waals surface area contributed by atoms with E-state index in [0.29, 0.717) is 29.3 Å². The third-order valence-electron chi connectivity index (χ3n) is 4.01. The molecule has 134 valence electrons. The number of aliphatic hydroxyl groups excluding tert-OH is 1. The van der Waals surface area contributed by atoms with Gasteiger partial charge in [-0.2, -0.15) is 0 Å². The number of carbonyl (C=O) groups excluding carboxylic acids is 1. The van der Waals surface area contributed by atoms with Crippen LogP contribution < -0.4 is 0 Å². The minimum atomic E-state index is -0.493. The van der Waals surface area contributed by atoms with Crippen molar-refractivity contribution in [1.29, 1.82) is 0 Å². The van der Waals surface area contributed by atoms with Gasteiger partial charge in [0.05, 0.1) is 30.7 Å². The Morgan fingerprint density at radius 1 is 1.19 bits per heavy atom. The summed E-state index contributed by atoms with van der Waals surface area (Å²) in [6.45, 7) is 0.271. The van der Waals surface area contributed by atoms with Crippen LogP contribution in [0.4, 0.5) is 4.39 Å². The van der Waals surface area contributed by atoms with Crippen LogP contribution in [0.1, 0.15) is 27.4 Å². The lowest BCUT2D eigenvalue weighted by molar-refractivity contribution is 0.103. The number of hydrogen-bond acceptors (Lipinski definition) is 4. The Morgan fingerprint density at radius 2 is 1.92 bits per heavy atom. The lowest BCUT2D eigenvalue weighted by Crippen LogP contribution is -2.18. The van der Waals surface area contributed by atoms with Crippen molar-refractivity contribution in [1.82, 2.24) is 14.5 Å². The van der Waals surface area contributed by atoms with Crippen LogP contribution in [0, 0.1) is 5.82 Å². The summed E-state index contributed by atoms with van der Waals surface area (Å²) in [7, 11) is 3.80. The van der Waals surface area contributed by atoms with Crippen molar-refractivity contribution in [3.05, 3.63) is 83.2 Å². The fourth-order valence-electron chi connectivity index (χ4n) is 2.86. The number of halogens is 1. The van der Waals surface area contributed by atoms with Gasteiger partial charge in [0.25, 0.3) is 0 Å². The van der Waals surface area contributed by atoms with E-state index in [1.807, 2.05) is 25.1 Å². The van der Waals surface area contributed by atoms with E-state index in [1.54, 1.807) is 41.1 Å². The largest absolute Gasteiger partial charge is 0.390 e. The third-order valence-corrected chi connectivity index (χ3v) is 4.01. The Bertz CT molecular complexity index is 920. The zero-order valence-electron chi connectivity index (χ0n) is 14.7. The van der Waals surface area contributed by atoms with Crippen molar-refractivity contribution < 1.29 is 14.3 Å². The van der Waals surface area contributed by atoms with Gasteiger partial charge in [-0.05, 0) is 32.3 Å². The summed E-state index contributed by atoms with van der Waals surface area (Å²) in [5, 5.41) is 9.69. The normalized spacial score (nSPS) is 11.1. The molecule has 1 aromatic heterocycles. The summed E-state index contributed by atoms with van der Waals surface area (Å²) in [5.41, 5.74) is 1.73. The molecular formula is C20H20FN3O2. The Balaban J connectivity index is 2.18. The molecule has 2 aromatic carbocycles. The molecule has 1 heterocycles. The molecule has 1 N–H and O–H groups in total. The molecule has 0 radical (unpaired) electrons. The first-order chi connectivity index (χ1) is 12.5. The summed E-state index contributed by atoms with van der Waals surface area (Å²) < 4.78 is 15.6. The van der Waals surface area contributed by atoms with Crippen LogP contribution in [0.25, 0.3) is 5.69 Å². The molecule has 0 unspecified atom stereocenters. The van der Waals surface area contributed by atoms with Gasteiger partial charge in [0.2, 0.25) is 0 Å². The second-order valence-corrected chi connectivity index (χ2v) is 6.25. The van der Waals surface area contributed by atoms with E-state index >= 15 is 0 Å². The molecule has 0 fully saturated rings. The standard InChI is InChI=1S/C20H20FN3O2/c1-23(2)12-19-22-11-16(13-25)24(19)18-9-8-15(21)10-17(18)20(26)14-6-4-3-5-7-14/h3-11,25H,12-13H2,1-2H3. The number of aliphatic hydroxyl groups is 1. The van der Waals surface area contributed by atoms with E-state index in [1.165, 1.54) is 12.1 Å². The average Bonchev–Trinajstić information content (AvgIpc) is 3.03. The van der Waals surface area contributed by atoms with Crippen molar-refractivity contribution >= 4 is 5.78 Å². The molecule has 0 aliphatic heterocycles. The van der Waals surface area contributed by atoms with Crippen molar-refractivity contribution in [3.63, 3.8) is 0 Å². The molecule has 0 spiro atoms. The number of benzene rings is 2. The Hall–Kier alpha value is -2.83. The monoisotopic (exact) mass is 353 g/mol. The second kappa shape index (κ2) is 7.59.